The third-order valence-electron chi connectivity index (χ3n) is 1.66. The molecule has 2 aliphatic heterocycles. The molecule has 7 nitrogen and oxygen atoms in total. The number of hydrogen-bond donors (Lipinski definition) is 3. The van der Waals surface area contributed by atoms with E-state index in [1.165, 1.54) is 0 Å². The zero-order chi connectivity index (χ0) is 8.77. The van der Waals surface area contributed by atoms with E-state index in [2.05, 4.69) is 15.4 Å². The van der Waals surface area contributed by atoms with Crippen molar-refractivity contribution < 1.29 is 19.1 Å². The molecule has 0 radical (unpaired) electrons. The monoisotopic (exact) mass is 171 g/mol. The summed E-state index contributed by atoms with van der Waals surface area (Å²) in [6.07, 6.45) is -0.844. The Morgan fingerprint density at radius 3 is 2.50 bits per heavy atom. The van der Waals surface area contributed by atoms with E-state index in [1.807, 2.05) is 5.32 Å². The van der Waals surface area contributed by atoms with Crippen molar-refractivity contribution in [2.24, 2.45) is 0 Å². The van der Waals surface area contributed by atoms with E-state index in [4.69, 9.17) is 0 Å². The molecule has 2 saturated heterocycles. The summed E-state index contributed by atoms with van der Waals surface area (Å²) >= 11 is 0. The molecule has 0 aromatic heterocycles. The van der Waals surface area contributed by atoms with Crippen LogP contribution in [0.5, 0.6) is 0 Å². The number of rotatable bonds is 0. The van der Waals surface area contributed by atoms with Gasteiger partial charge in [0.2, 0.25) is 0 Å². The van der Waals surface area contributed by atoms with Crippen molar-refractivity contribution in [3.05, 3.63) is 0 Å². The average molecular weight is 171 g/mol. The van der Waals surface area contributed by atoms with Crippen LogP contribution in [0.2, 0.25) is 0 Å². The molecule has 1 spiro atoms. The van der Waals surface area contributed by atoms with Gasteiger partial charge < -0.3 is 10.1 Å². The topological polar surface area (TPSA) is 96.5 Å². The van der Waals surface area contributed by atoms with Crippen molar-refractivity contribution in [1.82, 2.24) is 16.0 Å². The quantitative estimate of drug-likeness (QED) is 0.403. The number of carbonyl (C=O) groups excluding carboxylic acids is 3. The van der Waals surface area contributed by atoms with E-state index in [9.17, 15) is 14.4 Å². The van der Waals surface area contributed by atoms with E-state index < -0.39 is 23.8 Å². The maximum atomic E-state index is 11.0. The van der Waals surface area contributed by atoms with E-state index in [1.54, 1.807) is 0 Å². The molecule has 0 aromatic rings. The molecule has 2 fully saturated rings. The summed E-state index contributed by atoms with van der Waals surface area (Å²) in [7, 11) is 0. The molecule has 1 atom stereocenters. The minimum Gasteiger partial charge on any atom is -0.411 e. The summed E-state index contributed by atoms with van der Waals surface area (Å²) in [5, 5.41) is 6.43. The Morgan fingerprint density at radius 1 is 1.33 bits per heavy atom. The standard InChI is InChI=1S/C5H5N3O4/c9-2-5(12-4(11)7-2)1-6-3(10)8-5/h1H2,(H2,6,8,10)(H,7,9,11). The van der Waals surface area contributed by atoms with Crippen molar-refractivity contribution in [1.29, 1.82) is 0 Å². The van der Waals surface area contributed by atoms with Gasteiger partial charge >= 0.3 is 12.1 Å². The first-order valence-electron chi connectivity index (χ1n) is 3.23. The Bertz CT molecular complexity index is 284. The lowest BCUT2D eigenvalue weighted by Crippen LogP contribution is -2.50. The van der Waals surface area contributed by atoms with Crippen LogP contribution in [0.3, 0.4) is 0 Å². The Labute approximate surface area is 66.4 Å². The molecule has 3 N–H and O–H groups in total. The van der Waals surface area contributed by atoms with Gasteiger partial charge in [0, 0.05) is 0 Å². The van der Waals surface area contributed by atoms with E-state index in [0.717, 1.165) is 0 Å². The summed E-state index contributed by atoms with van der Waals surface area (Å²) in [6.45, 7) is -0.0383. The molecule has 0 aromatic carbocycles. The lowest BCUT2D eigenvalue weighted by molar-refractivity contribution is -0.131. The molecule has 4 amide bonds. The van der Waals surface area contributed by atoms with Crippen LogP contribution in [0.1, 0.15) is 0 Å². The fourth-order valence-corrected chi connectivity index (χ4v) is 1.10. The molecule has 7 heteroatoms. The molecule has 2 heterocycles. The number of imide groups is 1. The van der Waals surface area contributed by atoms with E-state index in [-0.39, 0.29) is 6.54 Å². The Morgan fingerprint density at radius 2 is 2.08 bits per heavy atom. The summed E-state index contributed by atoms with van der Waals surface area (Å²) in [6, 6.07) is -0.528. The third kappa shape index (κ3) is 0.728. The van der Waals surface area contributed by atoms with Gasteiger partial charge in [-0.3, -0.25) is 15.4 Å². The van der Waals surface area contributed by atoms with Crippen molar-refractivity contribution in [2.75, 3.05) is 6.54 Å². The minimum atomic E-state index is -1.52. The highest BCUT2D eigenvalue weighted by atomic mass is 16.6. The fraction of sp³-hybridized carbons (Fsp3) is 0.400. The summed E-state index contributed by atoms with van der Waals surface area (Å²) < 4.78 is 4.60. The Kier molecular flexibility index (Phi) is 1.08. The van der Waals surface area contributed by atoms with Gasteiger partial charge in [0.05, 0.1) is 6.54 Å². The van der Waals surface area contributed by atoms with Crippen LogP contribution in [0.15, 0.2) is 0 Å². The molecule has 0 saturated carbocycles. The summed E-state index contributed by atoms with van der Waals surface area (Å²) in [4.78, 5) is 32.3. The SMILES string of the molecule is O=C1NCC2(N1)OC(=O)NC2=O. The molecular formula is C5H5N3O4. The average Bonchev–Trinajstić information content (AvgIpc) is 2.43. The number of nitrogens with one attached hydrogen (secondary N) is 3. The Hall–Kier alpha value is -1.79. The normalized spacial score (nSPS) is 32.8. The number of carbonyl (C=O) groups is 3. The molecule has 1 unspecified atom stereocenters. The second-order valence-electron chi connectivity index (χ2n) is 2.48. The first-order valence-corrected chi connectivity index (χ1v) is 3.23. The maximum Gasteiger partial charge on any atom is 0.416 e. The van der Waals surface area contributed by atoms with Crippen LogP contribution in [0, 0.1) is 0 Å². The summed E-state index contributed by atoms with van der Waals surface area (Å²) in [5.74, 6) is -0.647. The minimum absolute atomic E-state index is 0.0383. The first-order chi connectivity index (χ1) is 5.62. The predicted molar refractivity (Wildman–Crippen MR) is 33.9 cm³/mol. The smallest absolute Gasteiger partial charge is 0.411 e. The molecule has 0 aliphatic carbocycles. The number of hydrogen-bond acceptors (Lipinski definition) is 4. The zero-order valence-corrected chi connectivity index (χ0v) is 5.84. The molecule has 64 valence electrons. The summed E-state index contributed by atoms with van der Waals surface area (Å²) in [5.41, 5.74) is -1.52. The van der Waals surface area contributed by atoms with Gasteiger partial charge in [-0.2, -0.15) is 0 Å². The lowest BCUT2D eigenvalue weighted by atomic mass is 10.2. The first kappa shape index (κ1) is 6.89. The molecule has 2 aliphatic rings. The van der Waals surface area contributed by atoms with Gasteiger partial charge in [0.25, 0.3) is 11.6 Å². The van der Waals surface area contributed by atoms with Crippen LogP contribution in [0.25, 0.3) is 0 Å². The molecular weight excluding hydrogens is 166 g/mol. The van der Waals surface area contributed by atoms with Gasteiger partial charge in [-0.15, -0.1) is 0 Å². The van der Waals surface area contributed by atoms with Gasteiger partial charge in [-0.1, -0.05) is 0 Å². The largest absolute Gasteiger partial charge is 0.416 e. The second kappa shape index (κ2) is 1.87. The lowest BCUT2D eigenvalue weighted by Gasteiger charge is -2.14. The van der Waals surface area contributed by atoms with Gasteiger partial charge in [0.1, 0.15) is 0 Å². The Balaban J connectivity index is 2.27. The van der Waals surface area contributed by atoms with E-state index >= 15 is 0 Å². The molecule has 0 bridgehead atoms. The van der Waals surface area contributed by atoms with Crippen LogP contribution in [-0.4, -0.2) is 30.3 Å². The number of urea groups is 1. The van der Waals surface area contributed by atoms with Gasteiger partial charge in [-0.05, 0) is 0 Å². The number of amides is 4. The molecule has 12 heavy (non-hydrogen) atoms. The van der Waals surface area contributed by atoms with Gasteiger partial charge in [-0.25, -0.2) is 9.59 Å². The van der Waals surface area contributed by atoms with Crippen LogP contribution in [-0.2, 0) is 9.53 Å². The zero-order valence-electron chi connectivity index (χ0n) is 5.84. The predicted octanol–water partition coefficient (Wildman–Crippen LogP) is -1.74. The van der Waals surface area contributed by atoms with Crippen LogP contribution in [0.4, 0.5) is 9.59 Å². The second-order valence-corrected chi connectivity index (χ2v) is 2.48. The van der Waals surface area contributed by atoms with Crippen molar-refractivity contribution in [3.63, 3.8) is 0 Å². The van der Waals surface area contributed by atoms with E-state index in [0.29, 0.717) is 0 Å². The van der Waals surface area contributed by atoms with Crippen LogP contribution < -0.4 is 16.0 Å². The van der Waals surface area contributed by atoms with Gasteiger partial charge in [0.15, 0.2) is 0 Å². The van der Waals surface area contributed by atoms with Crippen molar-refractivity contribution in [2.45, 2.75) is 5.72 Å². The highest BCUT2D eigenvalue weighted by Gasteiger charge is 2.53. The fourth-order valence-electron chi connectivity index (χ4n) is 1.10. The van der Waals surface area contributed by atoms with Crippen LogP contribution >= 0.6 is 0 Å². The number of alkyl carbamates (subject to hydrolysis) is 1. The highest BCUT2D eigenvalue weighted by Crippen LogP contribution is 2.16. The third-order valence-corrected chi connectivity index (χ3v) is 1.66. The van der Waals surface area contributed by atoms with Crippen molar-refractivity contribution >= 4 is 18.0 Å². The number of ether oxygens (including phenoxy) is 1. The molecule has 2 rings (SSSR count). The highest BCUT2D eigenvalue weighted by molar-refractivity contribution is 6.05. The maximum absolute atomic E-state index is 11.0. The van der Waals surface area contributed by atoms with Crippen molar-refractivity contribution in [3.8, 4) is 0 Å².